The van der Waals surface area contributed by atoms with Gasteiger partial charge in [-0.15, -0.1) is 0 Å². The molecule has 1 N–H and O–H groups in total. The van der Waals surface area contributed by atoms with Crippen molar-refractivity contribution in [2.24, 2.45) is 0 Å². The van der Waals surface area contributed by atoms with Gasteiger partial charge in [-0.1, -0.05) is 30.3 Å². The third kappa shape index (κ3) is 6.35. The second kappa shape index (κ2) is 11.9. The molecule has 2 aliphatic heterocycles. The number of hydrogen-bond acceptors (Lipinski definition) is 8. The number of aromatic nitrogens is 3. The van der Waals surface area contributed by atoms with Crippen molar-refractivity contribution in [2.45, 2.75) is 95.2 Å². The van der Waals surface area contributed by atoms with Gasteiger partial charge in [-0.2, -0.15) is 13.2 Å². The van der Waals surface area contributed by atoms with Crippen LogP contribution in [0, 0.1) is 0 Å². The molecule has 0 aliphatic carbocycles. The van der Waals surface area contributed by atoms with Crippen LogP contribution in [0.1, 0.15) is 66.9 Å². The molecule has 2 aromatic heterocycles. The van der Waals surface area contributed by atoms with Gasteiger partial charge in [-0.05, 0) is 91.5 Å². The minimum Gasteiger partial charge on any atom is -0.399 e. The quantitative estimate of drug-likeness (QED) is 0.236. The van der Waals surface area contributed by atoms with Crippen molar-refractivity contribution in [3.8, 4) is 11.3 Å². The van der Waals surface area contributed by atoms with E-state index in [2.05, 4.69) is 41.0 Å². The van der Waals surface area contributed by atoms with Crippen LogP contribution < -0.4 is 10.8 Å². The first kappa shape index (κ1) is 34.4. The Bertz CT molecular complexity index is 1930. The van der Waals surface area contributed by atoms with Crippen molar-refractivity contribution in [1.29, 1.82) is 0 Å². The van der Waals surface area contributed by atoms with Gasteiger partial charge in [0.15, 0.2) is 0 Å². The molecule has 256 valence electrons. The first-order valence-corrected chi connectivity index (χ1v) is 17.5. The van der Waals surface area contributed by atoms with Crippen molar-refractivity contribution in [1.82, 2.24) is 18.8 Å². The molecule has 1 atom stereocenters. The van der Waals surface area contributed by atoms with Gasteiger partial charge in [0.05, 0.1) is 27.3 Å². The summed E-state index contributed by atoms with van der Waals surface area (Å²) in [5.41, 5.74) is -2.19. The van der Waals surface area contributed by atoms with E-state index < -0.39 is 45.8 Å². The van der Waals surface area contributed by atoms with E-state index in [0.29, 0.717) is 12.0 Å². The maximum Gasteiger partial charge on any atom is 0.494 e. The number of benzene rings is 2. The highest BCUT2D eigenvalue weighted by atomic mass is 32.2. The van der Waals surface area contributed by atoms with E-state index in [0.717, 1.165) is 29.6 Å². The predicted molar refractivity (Wildman–Crippen MR) is 181 cm³/mol. The molecule has 14 heteroatoms. The summed E-state index contributed by atoms with van der Waals surface area (Å²) in [6, 6.07) is 12.5. The van der Waals surface area contributed by atoms with Gasteiger partial charge in [0.25, 0.3) is 10.0 Å². The normalized spacial score (nSPS) is 20.4. The summed E-state index contributed by atoms with van der Waals surface area (Å²) >= 11 is 0. The molecule has 48 heavy (non-hydrogen) atoms. The van der Waals surface area contributed by atoms with E-state index in [4.69, 9.17) is 9.31 Å². The minimum atomic E-state index is -4.81. The van der Waals surface area contributed by atoms with Gasteiger partial charge in [-0.25, -0.2) is 22.4 Å². The summed E-state index contributed by atoms with van der Waals surface area (Å²) in [7, 11) is -5.08. The number of alkyl halides is 3. The van der Waals surface area contributed by atoms with Gasteiger partial charge >= 0.3 is 13.3 Å². The van der Waals surface area contributed by atoms with E-state index in [1.807, 2.05) is 27.7 Å². The maximum absolute atomic E-state index is 14.6. The van der Waals surface area contributed by atoms with E-state index in [9.17, 15) is 21.6 Å². The Morgan fingerprint density at radius 1 is 1.00 bits per heavy atom. The molecule has 6 rings (SSSR count). The highest BCUT2D eigenvalue weighted by molar-refractivity contribution is 7.90. The number of nitrogens with zero attached hydrogens (tertiary/aromatic N) is 4. The minimum absolute atomic E-state index is 0.00251. The lowest BCUT2D eigenvalue weighted by Crippen LogP contribution is -2.50. The zero-order valence-corrected chi connectivity index (χ0v) is 29.0. The summed E-state index contributed by atoms with van der Waals surface area (Å²) in [5, 5.41) is 3.52. The Kier molecular flexibility index (Phi) is 8.50. The fraction of sp³-hybridized carbons (Fsp3) is 0.471. The van der Waals surface area contributed by atoms with Crippen LogP contribution in [0.15, 0.2) is 65.8 Å². The standard InChI is InChI=1S/C34H41BF3N5O4S/c1-31(2,3)42-17-11-12-23(20-42)40-30-39-19-27(34(36,37)38)29(41-30)26-21-43(48(44,45)24-13-9-8-10-14-24)28-18-22(15-16-25(26)28)35-46-32(4,5)33(6,7)47-35/h8-10,13-16,18-19,21,23H,11-12,17,20H2,1-7H3,(H,39,40,41)/t23-/m0/s1. The number of nitrogens with one attached hydrogen (secondary N) is 1. The van der Waals surface area contributed by atoms with Crippen LogP contribution in [0.4, 0.5) is 19.1 Å². The zero-order chi connectivity index (χ0) is 34.9. The van der Waals surface area contributed by atoms with Crippen molar-refractivity contribution >= 4 is 39.5 Å². The summed E-state index contributed by atoms with van der Waals surface area (Å²) in [6.45, 7) is 15.6. The second-order valence-electron chi connectivity index (χ2n) is 14.6. The molecule has 4 aromatic rings. The third-order valence-electron chi connectivity index (χ3n) is 9.67. The number of rotatable bonds is 6. The van der Waals surface area contributed by atoms with Gasteiger partial charge < -0.3 is 14.6 Å². The Hall–Kier alpha value is -3.46. The van der Waals surface area contributed by atoms with Gasteiger partial charge in [-0.3, -0.25) is 4.90 Å². The molecule has 0 bridgehead atoms. The molecule has 0 amide bonds. The van der Waals surface area contributed by atoms with Crippen LogP contribution in [0.2, 0.25) is 0 Å². The van der Waals surface area contributed by atoms with Crippen LogP contribution in [-0.2, 0) is 25.5 Å². The first-order valence-electron chi connectivity index (χ1n) is 16.1. The topological polar surface area (TPSA) is 98.6 Å². The molecule has 0 unspecified atom stereocenters. The molecule has 4 heterocycles. The van der Waals surface area contributed by atoms with Crippen LogP contribution in [-0.4, -0.2) is 70.2 Å². The van der Waals surface area contributed by atoms with E-state index in [1.54, 1.807) is 36.4 Å². The molecule has 0 radical (unpaired) electrons. The lowest BCUT2D eigenvalue weighted by molar-refractivity contribution is -0.137. The van der Waals surface area contributed by atoms with Crippen molar-refractivity contribution in [3.05, 3.63) is 66.5 Å². The number of fused-ring (bicyclic) bond motifs is 1. The lowest BCUT2D eigenvalue weighted by Gasteiger charge is -2.41. The van der Waals surface area contributed by atoms with E-state index in [-0.39, 0.29) is 38.9 Å². The third-order valence-corrected chi connectivity index (χ3v) is 11.4. The number of likely N-dealkylation sites (tertiary alicyclic amines) is 1. The first-order chi connectivity index (χ1) is 22.3. The lowest BCUT2D eigenvalue weighted by atomic mass is 9.78. The van der Waals surface area contributed by atoms with Crippen molar-refractivity contribution in [2.75, 3.05) is 18.4 Å². The molecule has 9 nitrogen and oxygen atoms in total. The van der Waals surface area contributed by atoms with Crippen molar-refractivity contribution in [3.63, 3.8) is 0 Å². The maximum atomic E-state index is 14.6. The molecule has 2 saturated heterocycles. The average molecular weight is 684 g/mol. The number of hydrogen-bond donors (Lipinski definition) is 1. The van der Waals surface area contributed by atoms with Crippen LogP contribution in [0.3, 0.4) is 0 Å². The van der Waals surface area contributed by atoms with Crippen molar-refractivity contribution < 1.29 is 30.9 Å². The van der Waals surface area contributed by atoms with Crippen LogP contribution >= 0.6 is 0 Å². The second-order valence-corrected chi connectivity index (χ2v) is 16.4. The molecular formula is C34H41BF3N5O4S. The van der Waals surface area contributed by atoms with Crippen LogP contribution in [0.25, 0.3) is 22.2 Å². The average Bonchev–Trinajstić information content (AvgIpc) is 3.50. The molecule has 2 fully saturated rings. The molecule has 2 aromatic carbocycles. The summed E-state index contributed by atoms with van der Waals surface area (Å²) in [5.74, 6) is 0.0411. The van der Waals surface area contributed by atoms with Gasteiger partial charge in [0.1, 0.15) is 5.56 Å². The fourth-order valence-electron chi connectivity index (χ4n) is 6.19. The van der Waals surface area contributed by atoms with Gasteiger partial charge in [0.2, 0.25) is 5.95 Å². The molecule has 2 aliphatic rings. The Balaban J connectivity index is 1.50. The summed E-state index contributed by atoms with van der Waals surface area (Å²) in [6.07, 6.45) is -1.11. The highest BCUT2D eigenvalue weighted by Gasteiger charge is 2.52. The molecular weight excluding hydrogens is 642 g/mol. The number of piperidine rings is 1. The summed E-state index contributed by atoms with van der Waals surface area (Å²) < 4.78 is 85.3. The smallest absolute Gasteiger partial charge is 0.399 e. The SMILES string of the molecule is CC(C)(C)N1CCC[C@H](Nc2ncc(C(F)(F)F)c(-c3cn(S(=O)(=O)c4ccccc4)c4cc(B5OC(C)(C)C(C)(C)O5)ccc34)n2)C1. The largest absolute Gasteiger partial charge is 0.494 e. The molecule has 0 saturated carbocycles. The number of halogens is 3. The Morgan fingerprint density at radius 3 is 2.29 bits per heavy atom. The van der Waals surface area contributed by atoms with Crippen LogP contribution in [0.5, 0.6) is 0 Å². The van der Waals surface area contributed by atoms with Gasteiger partial charge in [0, 0.05) is 41.5 Å². The monoisotopic (exact) mass is 683 g/mol. The summed E-state index contributed by atoms with van der Waals surface area (Å²) in [4.78, 5) is 10.8. The zero-order valence-electron chi connectivity index (χ0n) is 28.2. The molecule has 0 spiro atoms. The highest BCUT2D eigenvalue weighted by Crippen LogP contribution is 2.41. The Labute approximate surface area is 280 Å². The Morgan fingerprint density at radius 2 is 1.67 bits per heavy atom. The fourth-order valence-corrected chi connectivity index (χ4v) is 7.57. The predicted octanol–water partition coefficient (Wildman–Crippen LogP) is 6.33. The number of anilines is 1. The van der Waals surface area contributed by atoms with E-state index in [1.165, 1.54) is 18.3 Å². The van der Waals surface area contributed by atoms with E-state index >= 15 is 0 Å².